The van der Waals surface area contributed by atoms with E-state index in [9.17, 15) is 4.79 Å². The first-order valence-corrected chi connectivity index (χ1v) is 4.98. The van der Waals surface area contributed by atoms with E-state index in [1.807, 2.05) is 12.1 Å². The van der Waals surface area contributed by atoms with Crippen molar-refractivity contribution in [2.24, 2.45) is 0 Å². The number of furan rings is 1. The second-order valence-electron chi connectivity index (χ2n) is 3.35. The summed E-state index contributed by atoms with van der Waals surface area (Å²) >= 11 is 0. The summed E-state index contributed by atoms with van der Waals surface area (Å²) < 4.78 is 5.08. The minimum absolute atomic E-state index is 0.0319. The van der Waals surface area contributed by atoms with Crippen molar-refractivity contribution in [2.75, 3.05) is 0 Å². The maximum Gasteiger partial charge on any atom is 0.160 e. The van der Waals surface area contributed by atoms with Gasteiger partial charge < -0.3 is 4.42 Å². The van der Waals surface area contributed by atoms with Gasteiger partial charge in [-0.05, 0) is 35.9 Å². The molecule has 0 bridgehead atoms. The first kappa shape index (κ1) is 10.4. The zero-order chi connectivity index (χ0) is 11.2. The van der Waals surface area contributed by atoms with Gasteiger partial charge in [0.25, 0.3) is 0 Å². The van der Waals surface area contributed by atoms with Crippen molar-refractivity contribution in [3.05, 3.63) is 60.3 Å². The molecule has 80 valence electrons. The molecule has 0 saturated heterocycles. The van der Waals surface area contributed by atoms with Crippen molar-refractivity contribution < 1.29 is 9.21 Å². The van der Waals surface area contributed by atoms with Gasteiger partial charge in [-0.25, -0.2) is 0 Å². The molecular weight excluding hydrogens is 202 g/mol. The molecule has 0 aromatic carbocycles. The van der Waals surface area contributed by atoms with Crippen LogP contribution in [0.2, 0.25) is 0 Å². The highest BCUT2D eigenvalue weighted by atomic mass is 16.3. The average molecular weight is 213 g/mol. The second kappa shape index (κ2) is 5.07. The normalized spacial score (nSPS) is 10.8. The molecule has 0 aliphatic carbocycles. The zero-order valence-corrected chi connectivity index (χ0v) is 8.67. The standard InChI is InChI=1S/C13H11NO2/c15-12(5-6-13-4-2-8-16-13)9-11-3-1-7-14-10-11/h1-8,10H,9H2. The number of aromatic nitrogens is 1. The Kier molecular flexibility index (Phi) is 3.28. The molecule has 2 rings (SSSR count). The van der Waals surface area contributed by atoms with Crippen LogP contribution in [0.4, 0.5) is 0 Å². The Morgan fingerprint density at radius 2 is 2.31 bits per heavy atom. The minimum Gasteiger partial charge on any atom is -0.465 e. The summed E-state index contributed by atoms with van der Waals surface area (Å²) in [5, 5.41) is 0. The predicted molar refractivity (Wildman–Crippen MR) is 60.7 cm³/mol. The van der Waals surface area contributed by atoms with Gasteiger partial charge in [-0.3, -0.25) is 9.78 Å². The number of hydrogen-bond acceptors (Lipinski definition) is 3. The summed E-state index contributed by atoms with van der Waals surface area (Å²) in [7, 11) is 0. The lowest BCUT2D eigenvalue weighted by atomic mass is 10.1. The van der Waals surface area contributed by atoms with E-state index < -0.39 is 0 Å². The Balaban J connectivity index is 1.95. The van der Waals surface area contributed by atoms with Crippen LogP contribution in [-0.2, 0) is 11.2 Å². The lowest BCUT2D eigenvalue weighted by Gasteiger charge is -1.94. The van der Waals surface area contributed by atoms with Crippen LogP contribution in [0.15, 0.2) is 53.4 Å². The lowest BCUT2D eigenvalue weighted by Crippen LogP contribution is -1.98. The van der Waals surface area contributed by atoms with E-state index in [4.69, 9.17) is 4.42 Å². The molecule has 3 heteroatoms. The lowest BCUT2D eigenvalue weighted by molar-refractivity contribution is -0.113. The fourth-order valence-electron chi connectivity index (χ4n) is 1.32. The van der Waals surface area contributed by atoms with Gasteiger partial charge >= 0.3 is 0 Å². The first-order valence-electron chi connectivity index (χ1n) is 4.98. The molecule has 0 radical (unpaired) electrons. The Labute approximate surface area is 93.4 Å². The van der Waals surface area contributed by atoms with Gasteiger partial charge in [0.2, 0.25) is 0 Å². The molecule has 2 heterocycles. The fraction of sp³-hybridized carbons (Fsp3) is 0.0769. The molecule has 2 aromatic rings. The third kappa shape index (κ3) is 2.92. The van der Waals surface area contributed by atoms with Crippen molar-refractivity contribution >= 4 is 11.9 Å². The van der Waals surface area contributed by atoms with E-state index in [-0.39, 0.29) is 5.78 Å². The quantitative estimate of drug-likeness (QED) is 0.733. The van der Waals surface area contributed by atoms with Gasteiger partial charge in [0, 0.05) is 18.8 Å². The molecule has 0 amide bonds. The minimum atomic E-state index is 0.0319. The number of carbonyl (C=O) groups excluding carboxylic acids is 1. The Morgan fingerprint density at radius 1 is 1.38 bits per heavy atom. The summed E-state index contributed by atoms with van der Waals surface area (Å²) in [6.45, 7) is 0. The molecule has 3 nitrogen and oxygen atoms in total. The number of rotatable bonds is 4. The Morgan fingerprint density at radius 3 is 3.00 bits per heavy atom. The maximum absolute atomic E-state index is 11.6. The van der Waals surface area contributed by atoms with Crippen LogP contribution >= 0.6 is 0 Å². The van der Waals surface area contributed by atoms with Crippen molar-refractivity contribution in [2.45, 2.75) is 6.42 Å². The van der Waals surface area contributed by atoms with Crippen LogP contribution in [0, 0.1) is 0 Å². The Hall–Kier alpha value is -2.16. The molecule has 0 saturated carbocycles. The van der Waals surface area contributed by atoms with Crippen LogP contribution < -0.4 is 0 Å². The van der Waals surface area contributed by atoms with Crippen LogP contribution in [0.3, 0.4) is 0 Å². The predicted octanol–water partition coefficient (Wildman–Crippen LogP) is 2.50. The molecule has 0 atom stereocenters. The molecular formula is C13H11NO2. The van der Waals surface area contributed by atoms with Gasteiger partial charge in [0.15, 0.2) is 5.78 Å². The third-order valence-corrected chi connectivity index (χ3v) is 2.08. The SMILES string of the molecule is O=C(C=Cc1ccco1)Cc1cccnc1. The van der Waals surface area contributed by atoms with Gasteiger partial charge in [0.1, 0.15) is 5.76 Å². The summed E-state index contributed by atoms with van der Waals surface area (Å²) in [6.07, 6.45) is 8.51. The van der Waals surface area contributed by atoms with Gasteiger partial charge in [-0.15, -0.1) is 0 Å². The van der Waals surface area contributed by atoms with Crippen LogP contribution in [0.25, 0.3) is 6.08 Å². The second-order valence-corrected chi connectivity index (χ2v) is 3.35. The Bertz CT molecular complexity index is 472. The van der Waals surface area contributed by atoms with Crippen molar-refractivity contribution in [1.82, 2.24) is 4.98 Å². The highest BCUT2D eigenvalue weighted by Crippen LogP contribution is 2.04. The molecule has 16 heavy (non-hydrogen) atoms. The van der Waals surface area contributed by atoms with E-state index >= 15 is 0 Å². The highest BCUT2D eigenvalue weighted by molar-refractivity contribution is 5.94. The summed E-state index contributed by atoms with van der Waals surface area (Å²) in [5.74, 6) is 0.712. The molecule has 0 fully saturated rings. The number of carbonyl (C=O) groups is 1. The first-order chi connectivity index (χ1) is 7.84. The fourth-order valence-corrected chi connectivity index (χ4v) is 1.32. The molecule has 0 aliphatic rings. The van der Waals surface area contributed by atoms with Crippen molar-refractivity contribution in [1.29, 1.82) is 0 Å². The number of pyridine rings is 1. The zero-order valence-electron chi connectivity index (χ0n) is 8.67. The summed E-state index contributed by atoms with van der Waals surface area (Å²) in [6, 6.07) is 7.28. The van der Waals surface area contributed by atoms with E-state index in [2.05, 4.69) is 4.98 Å². The molecule has 0 N–H and O–H groups in total. The molecule has 0 unspecified atom stereocenters. The maximum atomic E-state index is 11.6. The van der Waals surface area contributed by atoms with Gasteiger partial charge in [-0.2, -0.15) is 0 Å². The summed E-state index contributed by atoms with van der Waals surface area (Å²) in [4.78, 5) is 15.5. The topological polar surface area (TPSA) is 43.1 Å². The molecule has 0 spiro atoms. The van der Waals surface area contributed by atoms with Gasteiger partial charge in [-0.1, -0.05) is 6.07 Å². The number of hydrogen-bond donors (Lipinski definition) is 0. The van der Waals surface area contributed by atoms with E-state index in [1.165, 1.54) is 6.08 Å². The van der Waals surface area contributed by atoms with E-state index in [0.717, 1.165) is 5.56 Å². The summed E-state index contributed by atoms with van der Waals surface area (Å²) in [5.41, 5.74) is 0.914. The van der Waals surface area contributed by atoms with Crippen LogP contribution in [0.1, 0.15) is 11.3 Å². The van der Waals surface area contributed by atoms with Gasteiger partial charge in [0.05, 0.1) is 6.26 Å². The number of ketones is 1. The third-order valence-electron chi connectivity index (χ3n) is 2.08. The average Bonchev–Trinajstić information content (AvgIpc) is 2.81. The molecule has 2 aromatic heterocycles. The number of nitrogens with zero attached hydrogens (tertiary/aromatic N) is 1. The molecule has 0 aliphatic heterocycles. The van der Waals surface area contributed by atoms with Crippen molar-refractivity contribution in [3.63, 3.8) is 0 Å². The highest BCUT2D eigenvalue weighted by Gasteiger charge is 1.99. The van der Waals surface area contributed by atoms with E-state index in [0.29, 0.717) is 12.2 Å². The van der Waals surface area contributed by atoms with Crippen LogP contribution in [-0.4, -0.2) is 10.8 Å². The van der Waals surface area contributed by atoms with E-state index in [1.54, 1.807) is 36.9 Å². The smallest absolute Gasteiger partial charge is 0.160 e. The largest absolute Gasteiger partial charge is 0.465 e. The van der Waals surface area contributed by atoms with Crippen LogP contribution in [0.5, 0.6) is 0 Å². The van der Waals surface area contributed by atoms with Crippen molar-refractivity contribution in [3.8, 4) is 0 Å². The monoisotopic (exact) mass is 213 g/mol. The number of allylic oxidation sites excluding steroid dienone is 1.